The third kappa shape index (κ3) is 1.78. The van der Waals surface area contributed by atoms with Gasteiger partial charge in [-0.25, -0.2) is 4.39 Å². The van der Waals surface area contributed by atoms with Gasteiger partial charge in [0.1, 0.15) is 17.1 Å². The number of rotatable bonds is 1. The van der Waals surface area contributed by atoms with E-state index in [2.05, 4.69) is 5.10 Å². The van der Waals surface area contributed by atoms with Crippen LogP contribution >= 0.6 is 0 Å². The van der Waals surface area contributed by atoms with Crippen molar-refractivity contribution in [3.63, 3.8) is 0 Å². The standard InChI is InChI=1S/C16H12FN3O/c1-20-13-4-3-11(18)8-12(13)16(19-20)15-7-9-6-10(17)2-5-14(9)21-15/h2-8H,18H2,1H3. The van der Waals surface area contributed by atoms with Crippen LogP contribution in [0.4, 0.5) is 10.1 Å². The van der Waals surface area contributed by atoms with Crippen LogP contribution in [-0.4, -0.2) is 9.78 Å². The van der Waals surface area contributed by atoms with Crippen molar-refractivity contribution >= 4 is 27.6 Å². The Hall–Kier alpha value is -2.82. The lowest BCUT2D eigenvalue weighted by Gasteiger charge is -1.95. The van der Waals surface area contributed by atoms with Crippen LogP contribution in [0.5, 0.6) is 0 Å². The molecule has 4 rings (SSSR count). The molecule has 5 heteroatoms. The molecule has 0 saturated carbocycles. The van der Waals surface area contributed by atoms with Crippen molar-refractivity contribution in [2.75, 3.05) is 5.73 Å². The lowest BCUT2D eigenvalue weighted by molar-refractivity contribution is 0.616. The molecule has 0 atom stereocenters. The van der Waals surface area contributed by atoms with E-state index in [-0.39, 0.29) is 5.82 Å². The van der Waals surface area contributed by atoms with E-state index in [0.717, 1.165) is 10.9 Å². The number of benzene rings is 2. The average molecular weight is 281 g/mol. The predicted molar refractivity (Wildman–Crippen MR) is 80.3 cm³/mol. The molecule has 0 amide bonds. The van der Waals surface area contributed by atoms with Gasteiger partial charge in [-0.1, -0.05) is 0 Å². The number of hydrogen-bond donors (Lipinski definition) is 1. The Kier molecular flexibility index (Phi) is 2.33. The minimum Gasteiger partial charge on any atom is -0.454 e. The number of hydrogen-bond acceptors (Lipinski definition) is 3. The summed E-state index contributed by atoms with van der Waals surface area (Å²) in [5.74, 6) is 0.316. The molecule has 2 heterocycles. The van der Waals surface area contributed by atoms with Crippen LogP contribution in [0, 0.1) is 5.82 Å². The summed E-state index contributed by atoms with van der Waals surface area (Å²) in [6, 6.07) is 11.9. The van der Waals surface area contributed by atoms with Crippen molar-refractivity contribution in [3.8, 4) is 11.5 Å². The number of fused-ring (bicyclic) bond motifs is 2. The Morgan fingerprint density at radius 3 is 2.86 bits per heavy atom. The van der Waals surface area contributed by atoms with Gasteiger partial charge in [-0.3, -0.25) is 4.68 Å². The van der Waals surface area contributed by atoms with Crippen LogP contribution in [0.2, 0.25) is 0 Å². The summed E-state index contributed by atoms with van der Waals surface area (Å²) in [6.45, 7) is 0. The third-order valence-corrected chi connectivity index (χ3v) is 3.59. The molecule has 0 aliphatic rings. The zero-order valence-corrected chi connectivity index (χ0v) is 11.3. The lowest BCUT2D eigenvalue weighted by atomic mass is 10.1. The minimum atomic E-state index is -0.287. The van der Waals surface area contributed by atoms with Gasteiger partial charge in [0.25, 0.3) is 0 Å². The second-order valence-electron chi connectivity index (χ2n) is 5.04. The number of halogens is 1. The van der Waals surface area contributed by atoms with Gasteiger partial charge in [0.15, 0.2) is 5.76 Å². The highest BCUT2D eigenvalue weighted by atomic mass is 19.1. The molecule has 21 heavy (non-hydrogen) atoms. The minimum absolute atomic E-state index is 0.287. The van der Waals surface area contributed by atoms with Crippen molar-refractivity contribution < 1.29 is 8.81 Å². The van der Waals surface area contributed by atoms with E-state index in [1.165, 1.54) is 12.1 Å². The van der Waals surface area contributed by atoms with Crippen molar-refractivity contribution in [1.29, 1.82) is 0 Å². The fourth-order valence-corrected chi connectivity index (χ4v) is 2.60. The molecule has 4 nitrogen and oxygen atoms in total. The summed E-state index contributed by atoms with van der Waals surface area (Å²) < 4.78 is 20.8. The number of nitrogen functional groups attached to an aromatic ring is 1. The molecule has 4 aromatic rings. The lowest BCUT2D eigenvalue weighted by Crippen LogP contribution is -1.89. The maximum Gasteiger partial charge on any atom is 0.156 e. The highest BCUT2D eigenvalue weighted by Crippen LogP contribution is 2.33. The largest absolute Gasteiger partial charge is 0.454 e. The Bertz CT molecular complexity index is 984. The average Bonchev–Trinajstić information content (AvgIpc) is 2.99. The van der Waals surface area contributed by atoms with Gasteiger partial charge in [-0.05, 0) is 42.5 Å². The molecule has 0 radical (unpaired) electrons. The van der Waals surface area contributed by atoms with Crippen molar-refractivity contribution in [1.82, 2.24) is 9.78 Å². The van der Waals surface area contributed by atoms with Gasteiger partial charge >= 0.3 is 0 Å². The summed E-state index contributed by atoms with van der Waals surface area (Å²) >= 11 is 0. The molecule has 0 bridgehead atoms. The number of furan rings is 1. The Morgan fingerprint density at radius 2 is 2.00 bits per heavy atom. The molecule has 0 saturated heterocycles. The summed E-state index contributed by atoms with van der Waals surface area (Å²) in [5.41, 5.74) is 8.83. The fraction of sp³-hybridized carbons (Fsp3) is 0.0625. The van der Waals surface area contributed by atoms with Crippen molar-refractivity contribution in [3.05, 3.63) is 48.3 Å². The normalized spacial score (nSPS) is 11.5. The maximum absolute atomic E-state index is 13.3. The predicted octanol–water partition coefficient (Wildman–Crippen LogP) is 3.71. The highest BCUT2D eigenvalue weighted by Gasteiger charge is 2.15. The molecular formula is C16H12FN3O. The first-order valence-corrected chi connectivity index (χ1v) is 6.53. The van der Waals surface area contributed by atoms with Crippen LogP contribution < -0.4 is 5.73 Å². The Morgan fingerprint density at radius 1 is 1.14 bits per heavy atom. The third-order valence-electron chi connectivity index (χ3n) is 3.59. The number of aromatic nitrogens is 2. The molecule has 0 spiro atoms. The van der Waals surface area contributed by atoms with E-state index < -0.39 is 0 Å². The zero-order valence-electron chi connectivity index (χ0n) is 11.3. The topological polar surface area (TPSA) is 57.0 Å². The number of nitrogens with two attached hydrogens (primary N) is 1. The monoisotopic (exact) mass is 281 g/mol. The van der Waals surface area contributed by atoms with E-state index >= 15 is 0 Å². The molecule has 2 aromatic carbocycles. The molecule has 104 valence electrons. The second kappa shape index (κ2) is 4.09. The summed E-state index contributed by atoms with van der Waals surface area (Å²) in [4.78, 5) is 0. The van der Waals surface area contributed by atoms with E-state index in [4.69, 9.17) is 10.2 Å². The van der Waals surface area contributed by atoms with Gasteiger partial charge in [0.05, 0.1) is 5.52 Å². The van der Waals surface area contributed by atoms with Gasteiger partial charge in [-0.2, -0.15) is 5.10 Å². The van der Waals surface area contributed by atoms with Crippen LogP contribution in [-0.2, 0) is 7.05 Å². The Labute approximate surface area is 119 Å². The molecular weight excluding hydrogens is 269 g/mol. The molecule has 0 unspecified atom stereocenters. The summed E-state index contributed by atoms with van der Waals surface area (Å²) in [5, 5.41) is 6.12. The Balaban J connectivity index is 2.01. The quantitative estimate of drug-likeness (QED) is 0.541. The summed E-state index contributed by atoms with van der Waals surface area (Å²) in [7, 11) is 1.87. The zero-order chi connectivity index (χ0) is 14.6. The number of anilines is 1. The van der Waals surface area contributed by atoms with Crippen LogP contribution in [0.25, 0.3) is 33.3 Å². The first-order chi connectivity index (χ1) is 10.1. The molecule has 2 aromatic heterocycles. The molecule has 0 aliphatic carbocycles. The van der Waals surface area contributed by atoms with Crippen LogP contribution in [0.3, 0.4) is 0 Å². The van der Waals surface area contributed by atoms with E-state index in [9.17, 15) is 4.39 Å². The van der Waals surface area contributed by atoms with Gasteiger partial charge < -0.3 is 10.2 Å². The molecule has 2 N–H and O–H groups in total. The van der Waals surface area contributed by atoms with Crippen LogP contribution in [0.15, 0.2) is 46.9 Å². The van der Waals surface area contributed by atoms with Crippen molar-refractivity contribution in [2.24, 2.45) is 7.05 Å². The van der Waals surface area contributed by atoms with E-state index in [0.29, 0.717) is 28.1 Å². The SMILES string of the molecule is Cn1nc(-c2cc3cc(F)ccc3o2)c2cc(N)ccc21. The van der Waals surface area contributed by atoms with Crippen LogP contribution in [0.1, 0.15) is 0 Å². The highest BCUT2D eigenvalue weighted by molar-refractivity contribution is 5.96. The number of nitrogens with zero attached hydrogens (tertiary/aromatic N) is 2. The van der Waals surface area contributed by atoms with Gasteiger partial charge in [-0.15, -0.1) is 0 Å². The van der Waals surface area contributed by atoms with E-state index in [1.807, 2.05) is 25.2 Å². The van der Waals surface area contributed by atoms with Gasteiger partial charge in [0.2, 0.25) is 0 Å². The maximum atomic E-state index is 13.3. The fourth-order valence-electron chi connectivity index (χ4n) is 2.60. The summed E-state index contributed by atoms with van der Waals surface area (Å²) in [6.07, 6.45) is 0. The first-order valence-electron chi connectivity index (χ1n) is 6.53. The first kappa shape index (κ1) is 12.0. The van der Waals surface area contributed by atoms with Gasteiger partial charge in [0, 0.05) is 23.5 Å². The van der Waals surface area contributed by atoms with E-state index in [1.54, 1.807) is 16.8 Å². The second-order valence-corrected chi connectivity index (χ2v) is 5.04. The van der Waals surface area contributed by atoms with Crippen molar-refractivity contribution in [2.45, 2.75) is 0 Å². The smallest absolute Gasteiger partial charge is 0.156 e. The molecule has 0 aliphatic heterocycles. The molecule has 0 fully saturated rings. The number of aryl methyl sites for hydroxylation is 1.